The molecular weight excluding hydrogens is 268 g/mol. The van der Waals surface area contributed by atoms with Gasteiger partial charge in [-0.15, -0.1) is 0 Å². The third-order valence-electron chi connectivity index (χ3n) is 4.06. The SMILES string of the molecule is CCOC(=O)CC[C@@H](C)c1cnc2n(c1=O)CCCCC2. The van der Waals surface area contributed by atoms with Gasteiger partial charge in [0.1, 0.15) is 5.82 Å². The van der Waals surface area contributed by atoms with E-state index in [0.29, 0.717) is 25.0 Å². The number of carbonyl (C=O) groups excluding carboxylic acids is 1. The smallest absolute Gasteiger partial charge is 0.305 e. The topological polar surface area (TPSA) is 61.2 Å². The van der Waals surface area contributed by atoms with Crippen LogP contribution in [-0.4, -0.2) is 22.1 Å². The van der Waals surface area contributed by atoms with E-state index >= 15 is 0 Å². The molecule has 1 aliphatic heterocycles. The van der Waals surface area contributed by atoms with Crippen molar-refractivity contribution < 1.29 is 9.53 Å². The Morgan fingerprint density at radius 3 is 3.00 bits per heavy atom. The van der Waals surface area contributed by atoms with Crippen LogP contribution in [0.4, 0.5) is 0 Å². The molecule has 0 unspecified atom stereocenters. The van der Waals surface area contributed by atoms with Gasteiger partial charge in [-0.3, -0.25) is 14.2 Å². The lowest BCUT2D eigenvalue weighted by molar-refractivity contribution is -0.143. The summed E-state index contributed by atoms with van der Waals surface area (Å²) in [6, 6.07) is 0. The molecule has 2 heterocycles. The van der Waals surface area contributed by atoms with Gasteiger partial charge in [0.15, 0.2) is 0 Å². The maximum atomic E-state index is 12.6. The second-order valence-corrected chi connectivity index (χ2v) is 5.64. The van der Waals surface area contributed by atoms with Gasteiger partial charge in [-0.1, -0.05) is 13.3 Å². The quantitative estimate of drug-likeness (QED) is 0.782. The van der Waals surface area contributed by atoms with Crippen LogP contribution in [0, 0.1) is 0 Å². The molecule has 0 N–H and O–H groups in total. The van der Waals surface area contributed by atoms with Crippen LogP contribution in [0.1, 0.15) is 63.3 Å². The Morgan fingerprint density at radius 1 is 1.43 bits per heavy atom. The number of esters is 1. The van der Waals surface area contributed by atoms with Crippen LogP contribution in [0.3, 0.4) is 0 Å². The third kappa shape index (κ3) is 3.93. The van der Waals surface area contributed by atoms with Crippen molar-refractivity contribution >= 4 is 5.97 Å². The van der Waals surface area contributed by atoms with Gasteiger partial charge < -0.3 is 4.74 Å². The summed E-state index contributed by atoms with van der Waals surface area (Å²) in [6.45, 7) is 4.93. The van der Waals surface area contributed by atoms with E-state index in [4.69, 9.17) is 4.74 Å². The average Bonchev–Trinajstić information content (AvgIpc) is 2.71. The molecule has 0 saturated carbocycles. The van der Waals surface area contributed by atoms with E-state index in [0.717, 1.165) is 38.1 Å². The van der Waals surface area contributed by atoms with Gasteiger partial charge in [0.2, 0.25) is 0 Å². The van der Waals surface area contributed by atoms with E-state index in [9.17, 15) is 9.59 Å². The molecular formula is C16H24N2O3. The maximum Gasteiger partial charge on any atom is 0.305 e. The lowest BCUT2D eigenvalue weighted by Gasteiger charge is -2.14. The minimum atomic E-state index is -0.202. The van der Waals surface area contributed by atoms with E-state index in [1.54, 1.807) is 13.1 Å². The average molecular weight is 292 g/mol. The Hall–Kier alpha value is -1.65. The molecule has 0 radical (unpaired) electrons. The molecule has 0 spiro atoms. The Morgan fingerprint density at radius 2 is 2.24 bits per heavy atom. The molecule has 2 rings (SSSR count). The summed E-state index contributed by atoms with van der Waals surface area (Å²) in [6.07, 6.45) is 6.84. The first-order chi connectivity index (χ1) is 10.1. The number of fused-ring (bicyclic) bond motifs is 1. The molecule has 116 valence electrons. The molecule has 0 aliphatic carbocycles. The monoisotopic (exact) mass is 292 g/mol. The molecule has 0 saturated heterocycles. The van der Waals surface area contributed by atoms with Crippen LogP contribution in [0.2, 0.25) is 0 Å². The van der Waals surface area contributed by atoms with E-state index in [1.807, 2.05) is 11.5 Å². The number of aryl methyl sites for hydroxylation is 1. The van der Waals surface area contributed by atoms with Crippen molar-refractivity contribution in [3.63, 3.8) is 0 Å². The molecule has 1 atom stereocenters. The standard InChI is InChI=1S/C16H24N2O3/c1-3-21-15(19)9-8-12(2)13-11-17-14-7-5-4-6-10-18(14)16(13)20/h11-12H,3-10H2,1-2H3/t12-/m1/s1. The molecule has 1 aromatic heterocycles. The first kappa shape index (κ1) is 15.7. The zero-order chi connectivity index (χ0) is 15.2. The van der Waals surface area contributed by atoms with Crippen molar-refractivity contribution in [3.05, 3.63) is 27.9 Å². The van der Waals surface area contributed by atoms with Gasteiger partial charge in [-0.25, -0.2) is 4.98 Å². The summed E-state index contributed by atoms with van der Waals surface area (Å²) in [5.41, 5.74) is 0.781. The molecule has 5 nitrogen and oxygen atoms in total. The minimum Gasteiger partial charge on any atom is -0.466 e. The molecule has 5 heteroatoms. The fourth-order valence-electron chi connectivity index (χ4n) is 2.76. The predicted octanol–water partition coefficient (Wildman–Crippen LogP) is 2.42. The summed E-state index contributed by atoms with van der Waals surface area (Å²) in [4.78, 5) is 28.5. The van der Waals surface area contributed by atoms with Crippen LogP contribution in [-0.2, 0) is 22.5 Å². The second kappa shape index (κ2) is 7.38. The molecule has 1 aromatic rings. The largest absolute Gasteiger partial charge is 0.466 e. The van der Waals surface area contributed by atoms with Crippen LogP contribution in [0.5, 0.6) is 0 Å². The molecule has 0 bridgehead atoms. The maximum absolute atomic E-state index is 12.6. The van der Waals surface area contributed by atoms with Gasteiger partial charge in [0.25, 0.3) is 5.56 Å². The van der Waals surface area contributed by atoms with E-state index in [1.165, 1.54) is 0 Å². The van der Waals surface area contributed by atoms with Crippen molar-refractivity contribution in [1.82, 2.24) is 9.55 Å². The summed E-state index contributed by atoms with van der Waals surface area (Å²) in [5, 5.41) is 0. The Kier molecular flexibility index (Phi) is 5.53. The van der Waals surface area contributed by atoms with Gasteiger partial charge in [0.05, 0.1) is 6.61 Å². The van der Waals surface area contributed by atoms with E-state index in [-0.39, 0.29) is 17.4 Å². The van der Waals surface area contributed by atoms with Gasteiger partial charge in [-0.05, 0) is 32.1 Å². The Balaban J connectivity index is 2.11. The first-order valence-electron chi connectivity index (χ1n) is 7.87. The van der Waals surface area contributed by atoms with Gasteiger partial charge >= 0.3 is 5.97 Å². The summed E-state index contributed by atoms with van der Waals surface area (Å²) >= 11 is 0. The normalized spacial score (nSPS) is 15.9. The number of hydrogen-bond donors (Lipinski definition) is 0. The van der Waals surface area contributed by atoms with Crippen molar-refractivity contribution in [2.75, 3.05) is 6.61 Å². The molecule has 21 heavy (non-hydrogen) atoms. The zero-order valence-electron chi connectivity index (χ0n) is 12.9. The summed E-state index contributed by atoms with van der Waals surface area (Å²) in [7, 11) is 0. The summed E-state index contributed by atoms with van der Waals surface area (Å²) in [5.74, 6) is 0.724. The number of aromatic nitrogens is 2. The molecule has 1 aliphatic rings. The highest BCUT2D eigenvalue weighted by Crippen LogP contribution is 2.19. The molecule has 0 amide bonds. The van der Waals surface area contributed by atoms with Crippen LogP contribution < -0.4 is 5.56 Å². The second-order valence-electron chi connectivity index (χ2n) is 5.64. The fraction of sp³-hybridized carbons (Fsp3) is 0.688. The highest BCUT2D eigenvalue weighted by Gasteiger charge is 2.17. The zero-order valence-corrected chi connectivity index (χ0v) is 12.9. The van der Waals surface area contributed by atoms with E-state index in [2.05, 4.69) is 4.98 Å². The predicted molar refractivity (Wildman–Crippen MR) is 80.3 cm³/mol. The van der Waals surface area contributed by atoms with Crippen LogP contribution >= 0.6 is 0 Å². The third-order valence-corrected chi connectivity index (χ3v) is 4.06. The first-order valence-corrected chi connectivity index (χ1v) is 7.87. The lowest BCUT2D eigenvalue weighted by Crippen LogP contribution is -2.28. The van der Waals surface area contributed by atoms with Gasteiger partial charge in [-0.2, -0.15) is 0 Å². The van der Waals surface area contributed by atoms with E-state index < -0.39 is 0 Å². The number of rotatable bonds is 5. The van der Waals surface area contributed by atoms with Crippen LogP contribution in [0.25, 0.3) is 0 Å². The Labute approximate surface area is 125 Å². The van der Waals surface area contributed by atoms with Crippen LogP contribution in [0.15, 0.2) is 11.0 Å². The number of nitrogens with zero attached hydrogens (tertiary/aromatic N) is 2. The fourth-order valence-corrected chi connectivity index (χ4v) is 2.76. The lowest BCUT2D eigenvalue weighted by atomic mass is 9.98. The highest BCUT2D eigenvalue weighted by atomic mass is 16.5. The number of carbonyl (C=O) groups is 1. The van der Waals surface area contributed by atoms with Crippen molar-refractivity contribution in [2.24, 2.45) is 0 Å². The van der Waals surface area contributed by atoms with Crippen molar-refractivity contribution in [2.45, 2.75) is 64.8 Å². The van der Waals surface area contributed by atoms with Crippen molar-refractivity contribution in [3.8, 4) is 0 Å². The molecule has 0 fully saturated rings. The molecule has 0 aromatic carbocycles. The van der Waals surface area contributed by atoms with Crippen molar-refractivity contribution in [1.29, 1.82) is 0 Å². The minimum absolute atomic E-state index is 0.0236. The summed E-state index contributed by atoms with van der Waals surface area (Å²) < 4.78 is 6.75. The highest BCUT2D eigenvalue weighted by molar-refractivity contribution is 5.69. The number of ether oxygens (including phenoxy) is 1. The van der Waals surface area contributed by atoms with Gasteiger partial charge in [0, 0.05) is 31.1 Å². The number of hydrogen-bond acceptors (Lipinski definition) is 4. The Bertz CT molecular complexity index is 551.